The van der Waals surface area contributed by atoms with Crippen LogP contribution in [-0.4, -0.2) is 43.2 Å². The van der Waals surface area contributed by atoms with Crippen molar-refractivity contribution in [1.29, 1.82) is 0 Å². The van der Waals surface area contributed by atoms with E-state index in [0.29, 0.717) is 37.1 Å². The van der Waals surface area contributed by atoms with Crippen LogP contribution in [0.3, 0.4) is 0 Å². The van der Waals surface area contributed by atoms with Gasteiger partial charge in [0.15, 0.2) is 11.5 Å². The lowest BCUT2D eigenvalue weighted by Crippen LogP contribution is -2.43. The number of hydrogen-bond acceptors (Lipinski definition) is 8. The fourth-order valence-corrected chi connectivity index (χ4v) is 3.87. The fourth-order valence-electron chi connectivity index (χ4n) is 2.97. The number of nitrogens with one attached hydrogen (secondary N) is 2. The molecule has 0 spiro atoms. The van der Waals surface area contributed by atoms with E-state index in [4.69, 9.17) is 18.9 Å². The SMILES string of the molecule is CCOc1cc(C(=O)NNC(=O)COCc2nc3ccccc3s2)cc(OCC)c1OCC. The summed E-state index contributed by atoms with van der Waals surface area (Å²) in [7, 11) is 0. The Balaban J connectivity index is 1.55. The Morgan fingerprint density at radius 2 is 1.61 bits per heavy atom. The Morgan fingerprint density at radius 1 is 0.939 bits per heavy atom. The average molecular weight is 474 g/mol. The van der Waals surface area contributed by atoms with E-state index in [1.54, 1.807) is 12.1 Å². The second-order valence-corrected chi connectivity index (χ2v) is 7.79. The van der Waals surface area contributed by atoms with Crippen molar-refractivity contribution in [2.75, 3.05) is 26.4 Å². The van der Waals surface area contributed by atoms with Crippen LogP contribution in [-0.2, 0) is 16.1 Å². The third-order valence-electron chi connectivity index (χ3n) is 4.28. The van der Waals surface area contributed by atoms with Crippen LogP contribution in [0.1, 0.15) is 36.1 Å². The van der Waals surface area contributed by atoms with Crippen LogP contribution < -0.4 is 25.1 Å². The zero-order chi connectivity index (χ0) is 23.6. The molecule has 0 radical (unpaired) electrons. The van der Waals surface area contributed by atoms with E-state index >= 15 is 0 Å². The number of nitrogens with zero attached hydrogens (tertiary/aromatic N) is 1. The first-order valence-electron chi connectivity index (χ1n) is 10.6. The van der Waals surface area contributed by atoms with Gasteiger partial charge in [0, 0.05) is 5.56 Å². The predicted molar refractivity (Wildman–Crippen MR) is 125 cm³/mol. The molecule has 1 heterocycles. The number of hydrazine groups is 1. The van der Waals surface area contributed by atoms with Crippen molar-refractivity contribution >= 4 is 33.4 Å². The summed E-state index contributed by atoms with van der Waals surface area (Å²) in [6, 6.07) is 10.9. The van der Waals surface area contributed by atoms with Gasteiger partial charge in [0.25, 0.3) is 11.8 Å². The molecule has 2 aromatic carbocycles. The molecule has 2 amide bonds. The molecule has 0 bridgehead atoms. The summed E-state index contributed by atoms with van der Waals surface area (Å²) in [4.78, 5) is 29.1. The molecule has 0 saturated carbocycles. The molecule has 0 aliphatic heterocycles. The van der Waals surface area contributed by atoms with Gasteiger partial charge in [-0.1, -0.05) is 12.1 Å². The molecule has 0 saturated heterocycles. The minimum atomic E-state index is -0.528. The minimum absolute atomic E-state index is 0.203. The Labute approximate surface area is 196 Å². The summed E-state index contributed by atoms with van der Waals surface area (Å²) >= 11 is 1.51. The summed E-state index contributed by atoms with van der Waals surface area (Å²) in [5, 5.41) is 0.773. The molecule has 0 atom stereocenters. The van der Waals surface area contributed by atoms with E-state index in [1.165, 1.54) is 11.3 Å². The molecule has 2 N–H and O–H groups in total. The van der Waals surface area contributed by atoms with Crippen molar-refractivity contribution in [2.45, 2.75) is 27.4 Å². The zero-order valence-corrected chi connectivity index (χ0v) is 19.6. The number of amides is 2. The smallest absolute Gasteiger partial charge is 0.269 e. The Kier molecular flexibility index (Phi) is 8.85. The average Bonchev–Trinajstić information content (AvgIpc) is 3.22. The standard InChI is InChI=1S/C23H27N3O6S/c1-4-30-17-11-15(12-18(31-5-2)22(17)32-6-3)23(28)26-25-20(27)13-29-14-21-24-16-9-7-8-10-19(16)33-21/h7-12H,4-6,13-14H2,1-3H3,(H,25,27)(H,26,28). The number of fused-ring (bicyclic) bond motifs is 1. The van der Waals surface area contributed by atoms with E-state index in [9.17, 15) is 9.59 Å². The van der Waals surface area contributed by atoms with Crippen LogP contribution in [0.4, 0.5) is 0 Å². The summed E-state index contributed by atoms with van der Waals surface area (Å²) < 4.78 is 23.3. The first-order valence-corrected chi connectivity index (χ1v) is 11.4. The van der Waals surface area contributed by atoms with Gasteiger partial charge < -0.3 is 18.9 Å². The molecule has 10 heteroatoms. The molecule has 3 aromatic rings. The van der Waals surface area contributed by atoms with Gasteiger partial charge in [-0.3, -0.25) is 20.4 Å². The lowest BCUT2D eigenvalue weighted by atomic mass is 10.1. The third kappa shape index (κ3) is 6.56. The summed E-state index contributed by atoms with van der Waals surface area (Å²) in [5.74, 6) is 0.192. The summed E-state index contributed by atoms with van der Waals surface area (Å²) in [6.07, 6.45) is 0. The Bertz CT molecular complexity index is 1040. The van der Waals surface area contributed by atoms with Crippen LogP contribution in [0.5, 0.6) is 17.2 Å². The first kappa shape index (κ1) is 24.3. The van der Waals surface area contributed by atoms with E-state index < -0.39 is 11.8 Å². The topological polar surface area (TPSA) is 108 Å². The van der Waals surface area contributed by atoms with Gasteiger partial charge in [0.1, 0.15) is 11.6 Å². The van der Waals surface area contributed by atoms with Crippen LogP contribution >= 0.6 is 11.3 Å². The maximum absolute atomic E-state index is 12.6. The molecule has 1 aromatic heterocycles. The normalized spacial score (nSPS) is 10.6. The van der Waals surface area contributed by atoms with Crippen molar-refractivity contribution in [3.05, 3.63) is 47.0 Å². The molecule has 0 fully saturated rings. The monoisotopic (exact) mass is 473 g/mol. The number of para-hydroxylation sites is 1. The number of hydrogen-bond donors (Lipinski definition) is 2. The summed E-state index contributed by atoms with van der Waals surface area (Å²) in [6.45, 7) is 6.68. The van der Waals surface area contributed by atoms with Gasteiger partial charge in [-0.05, 0) is 45.0 Å². The maximum atomic E-state index is 12.6. The van der Waals surface area contributed by atoms with Gasteiger partial charge in [-0.15, -0.1) is 11.3 Å². The van der Waals surface area contributed by atoms with Gasteiger partial charge in [0.2, 0.25) is 5.75 Å². The number of thiazole rings is 1. The Hall–Kier alpha value is -3.37. The fraction of sp³-hybridized carbons (Fsp3) is 0.348. The minimum Gasteiger partial charge on any atom is -0.490 e. The van der Waals surface area contributed by atoms with Gasteiger partial charge in [-0.2, -0.15) is 0 Å². The molecule has 3 rings (SSSR count). The number of rotatable bonds is 11. The maximum Gasteiger partial charge on any atom is 0.269 e. The van der Waals surface area contributed by atoms with Crippen molar-refractivity contribution in [3.63, 3.8) is 0 Å². The molecule has 176 valence electrons. The van der Waals surface area contributed by atoms with Crippen molar-refractivity contribution in [3.8, 4) is 17.2 Å². The van der Waals surface area contributed by atoms with Crippen molar-refractivity contribution in [2.24, 2.45) is 0 Å². The number of carbonyl (C=O) groups excluding carboxylic acids is 2. The number of ether oxygens (including phenoxy) is 4. The highest BCUT2D eigenvalue weighted by molar-refractivity contribution is 7.18. The third-order valence-corrected chi connectivity index (χ3v) is 5.29. The molecule has 33 heavy (non-hydrogen) atoms. The molecule has 0 unspecified atom stereocenters. The van der Waals surface area contributed by atoms with Crippen LogP contribution in [0.15, 0.2) is 36.4 Å². The number of aromatic nitrogens is 1. The quantitative estimate of drug-likeness (QED) is 0.411. The molecule has 0 aliphatic carbocycles. The van der Waals surface area contributed by atoms with Gasteiger partial charge in [0.05, 0.1) is 36.6 Å². The highest BCUT2D eigenvalue weighted by atomic mass is 32.1. The largest absolute Gasteiger partial charge is 0.490 e. The second kappa shape index (κ2) is 12.0. The lowest BCUT2D eigenvalue weighted by molar-refractivity contribution is -0.126. The summed E-state index contributed by atoms with van der Waals surface area (Å²) in [5.41, 5.74) is 5.86. The van der Waals surface area contributed by atoms with Gasteiger partial charge >= 0.3 is 0 Å². The van der Waals surface area contributed by atoms with E-state index in [-0.39, 0.29) is 18.8 Å². The number of carbonyl (C=O) groups is 2. The molecular weight excluding hydrogens is 446 g/mol. The van der Waals surface area contributed by atoms with E-state index in [0.717, 1.165) is 15.2 Å². The van der Waals surface area contributed by atoms with E-state index in [1.807, 2.05) is 45.0 Å². The van der Waals surface area contributed by atoms with Crippen molar-refractivity contribution < 1.29 is 28.5 Å². The van der Waals surface area contributed by atoms with Gasteiger partial charge in [-0.25, -0.2) is 4.98 Å². The highest BCUT2D eigenvalue weighted by Gasteiger charge is 2.18. The molecule has 9 nitrogen and oxygen atoms in total. The zero-order valence-electron chi connectivity index (χ0n) is 18.8. The first-order chi connectivity index (χ1) is 16.0. The highest BCUT2D eigenvalue weighted by Crippen LogP contribution is 2.39. The van der Waals surface area contributed by atoms with Crippen LogP contribution in [0.25, 0.3) is 10.2 Å². The van der Waals surface area contributed by atoms with Crippen LogP contribution in [0, 0.1) is 0 Å². The van der Waals surface area contributed by atoms with Crippen molar-refractivity contribution in [1.82, 2.24) is 15.8 Å². The second-order valence-electron chi connectivity index (χ2n) is 6.67. The molecule has 0 aliphatic rings. The van der Waals surface area contributed by atoms with Crippen LogP contribution in [0.2, 0.25) is 0 Å². The van der Waals surface area contributed by atoms with E-state index in [2.05, 4.69) is 15.8 Å². The Morgan fingerprint density at radius 3 is 2.24 bits per heavy atom. The molecular formula is C23H27N3O6S. The lowest BCUT2D eigenvalue weighted by Gasteiger charge is -2.17. The predicted octanol–water partition coefficient (Wildman–Crippen LogP) is 3.47. The number of benzene rings is 2.